The Morgan fingerprint density at radius 1 is 1.50 bits per heavy atom. The van der Waals surface area contributed by atoms with Gasteiger partial charge in [0, 0.05) is 6.20 Å². The fourth-order valence-electron chi connectivity index (χ4n) is 1.70. The largest absolute Gasteiger partial charge is 0.267 e. The van der Waals surface area contributed by atoms with Gasteiger partial charge in [-0.15, -0.1) is 0 Å². The van der Waals surface area contributed by atoms with E-state index in [1.54, 1.807) is 0 Å². The van der Waals surface area contributed by atoms with Gasteiger partial charge in [0.2, 0.25) is 0 Å². The molecule has 0 spiro atoms. The maximum atomic E-state index is 5.88. The van der Waals surface area contributed by atoms with Gasteiger partial charge in [0.25, 0.3) is 0 Å². The Morgan fingerprint density at radius 3 is 2.67 bits per heavy atom. The summed E-state index contributed by atoms with van der Waals surface area (Å²) in [6, 6.07) is 0.578. The molecular formula is C8H10BrClN2. The number of rotatable bonds is 1. The topological polar surface area (TPSA) is 17.8 Å². The van der Waals surface area contributed by atoms with Crippen molar-refractivity contribution in [2.45, 2.75) is 31.7 Å². The van der Waals surface area contributed by atoms with Gasteiger partial charge in [-0.1, -0.05) is 24.4 Å². The molecular weight excluding hydrogens is 239 g/mol. The second kappa shape index (κ2) is 3.38. The number of aromatic nitrogens is 2. The SMILES string of the molecule is Clc1cn(C2CCCC2)nc1Br. The van der Waals surface area contributed by atoms with Crippen molar-refractivity contribution in [2.75, 3.05) is 0 Å². The standard InChI is InChI=1S/C8H10BrClN2/c9-8-7(10)5-12(11-8)6-3-1-2-4-6/h5-6H,1-4H2. The van der Waals surface area contributed by atoms with Crippen LogP contribution in [-0.4, -0.2) is 9.78 Å². The van der Waals surface area contributed by atoms with Crippen LogP contribution in [0, 0.1) is 0 Å². The highest BCUT2D eigenvalue weighted by Gasteiger charge is 2.18. The monoisotopic (exact) mass is 248 g/mol. The fraction of sp³-hybridized carbons (Fsp3) is 0.625. The average molecular weight is 250 g/mol. The summed E-state index contributed by atoms with van der Waals surface area (Å²) in [6.07, 6.45) is 7.02. The van der Waals surface area contributed by atoms with Crippen molar-refractivity contribution in [2.24, 2.45) is 0 Å². The predicted octanol–water partition coefficient (Wildman–Crippen LogP) is 3.41. The molecule has 1 heterocycles. The molecule has 0 aromatic carbocycles. The van der Waals surface area contributed by atoms with Crippen LogP contribution in [0.25, 0.3) is 0 Å². The van der Waals surface area contributed by atoms with E-state index in [0.717, 1.165) is 4.60 Å². The minimum absolute atomic E-state index is 0.578. The van der Waals surface area contributed by atoms with Crippen LogP contribution in [0.3, 0.4) is 0 Å². The van der Waals surface area contributed by atoms with E-state index in [9.17, 15) is 0 Å². The van der Waals surface area contributed by atoms with E-state index < -0.39 is 0 Å². The van der Waals surface area contributed by atoms with Gasteiger partial charge in [0.1, 0.15) is 4.60 Å². The van der Waals surface area contributed by atoms with Crippen LogP contribution >= 0.6 is 27.5 Å². The summed E-state index contributed by atoms with van der Waals surface area (Å²) < 4.78 is 2.75. The Labute approximate surface area is 85.0 Å². The lowest BCUT2D eigenvalue weighted by molar-refractivity contribution is 0.465. The Kier molecular flexibility index (Phi) is 2.42. The first-order valence-corrected chi connectivity index (χ1v) is 5.34. The molecule has 0 unspecified atom stereocenters. The second-order valence-corrected chi connectivity index (χ2v) is 4.34. The molecule has 0 N–H and O–H groups in total. The normalized spacial score (nSPS) is 18.8. The van der Waals surface area contributed by atoms with E-state index in [1.807, 2.05) is 10.9 Å². The van der Waals surface area contributed by atoms with Crippen molar-refractivity contribution in [1.82, 2.24) is 9.78 Å². The van der Waals surface area contributed by atoms with Gasteiger partial charge in [0.15, 0.2) is 0 Å². The Hall–Kier alpha value is -0.0200. The van der Waals surface area contributed by atoms with Gasteiger partial charge >= 0.3 is 0 Å². The lowest BCUT2D eigenvalue weighted by atomic mass is 10.3. The third-order valence-corrected chi connectivity index (χ3v) is 3.44. The molecule has 0 atom stereocenters. The van der Waals surface area contributed by atoms with E-state index in [-0.39, 0.29) is 0 Å². The summed E-state index contributed by atoms with van der Waals surface area (Å²) in [5.74, 6) is 0. The smallest absolute Gasteiger partial charge is 0.146 e. The van der Waals surface area contributed by atoms with Crippen molar-refractivity contribution in [3.05, 3.63) is 15.8 Å². The third-order valence-electron chi connectivity index (χ3n) is 2.34. The molecule has 4 heteroatoms. The lowest BCUT2D eigenvalue weighted by Crippen LogP contribution is -2.04. The van der Waals surface area contributed by atoms with Gasteiger partial charge in [-0.2, -0.15) is 5.10 Å². The summed E-state index contributed by atoms with van der Waals surface area (Å²) in [7, 11) is 0. The van der Waals surface area contributed by atoms with Gasteiger partial charge in [0.05, 0.1) is 11.1 Å². The first-order chi connectivity index (χ1) is 5.77. The number of hydrogen-bond donors (Lipinski definition) is 0. The summed E-state index contributed by atoms with van der Waals surface area (Å²) in [5.41, 5.74) is 0. The molecule has 1 aromatic rings. The quantitative estimate of drug-likeness (QED) is 0.746. The van der Waals surface area contributed by atoms with Crippen LogP contribution in [0.2, 0.25) is 5.02 Å². The van der Waals surface area contributed by atoms with Crippen LogP contribution in [-0.2, 0) is 0 Å². The highest BCUT2D eigenvalue weighted by molar-refractivity contribution is 9.10. The summed E-state index contributed by atoms with van der Waals surface area (Å²) >= 11 is 9.18. The zero-order valence-electron chi connectivity index (χ0n) is 6.63. The fourth-order valence-corrected chi connectivity index (χ4v) is 2.13. The Balaban J connectivity index is 2.21. The molecule has 1 saturated carbocycles. The first-order valence-electron chi connectivity index (χ1n) is 4.17. The van der Waals surface area contributed by atoms with Crippen LogP contribution < -0.4 is 0 Å². The highest BCUT2D eigenvalue weighted by atomic mass is 79.9. The molecule has 0 saturated heterocycles. The molecule has 0 bridgehead atoms. The number of nitrogens with zero attached hydrogens (tertiary/aromatic N) is 2. The lowest BCUT2D eigenvalue weighted by Gasteiger charge is -2.07. The maximum absolute atomic E-state index is 5.88. The molecule has 66 valence electrons. The minimum atomic E-state index is 0.578. The molecule has 1 aromatic heterocycles. The molecule has 0 amide bonds. The van der Waals surface area contributed by atoms with Gasteiger partial charge in [-0.05, 0) is 28.8 Å². The van der Waals surface area contributed by atoms with Crippen molar-refractivity contribution in [1.29, 1.82) is 0 Å². The number of hydrogen-bond acceptors (Lipinski definition) is 1. The summed E-state index contributed by atoms with van der Waals surface area (Å²) in [5, 5.41) is 5.00. The highest BCUT2D eigenvalue weighted by Crippen LogP contribution is 2.31. The van der Waals surface area contributed by atoms with E-state index in [4.69, 9.17) is 11.6 Å². The van der Waals surface area contributed by atoms with E-state index in [2.05, 4.69) is 21.0 Å². The predicted molar refractivity (Wildman–Crippen MR) is 52.4 cm³/mol. The molecule has 1 fully saturated rings. The molecule has 2 nitrogen and oxygen atoms in total. The molecule has 12 heavy (non-hydrogen) atoms. The summed E-state index contributed by atoms with van der Waals surface area (Å²) in [6.45, 7) is 0. The van der Waals surface area contributed by atoms with Crippen molar-refractivity contribution in [3.63, 3.8) is 0 Å². The van der Waals surface area contributed by atoms with Crippen LogP contribution in [0.1, 0.15) is 31.7 Å². The Morgan fingerprint density at radius 2 is 2.17 bits per heavy atom. The summed E-state index contributed by atoms with van der Waals surface area (Å²) in [4.78, 5) is 0. The molecule has 2 rings (SSSR count). The second-order valence-electron chi connectivity index (χ2n) is 3.19. The molecule has 1 aliphatic carbocycles. The van der Waals surface area contributed by atoms with E-state index >= 15 is 0 Å². The Bertz CT molecular complexity index is 259. The number of halogens is 2. The minimum Gasteiger partial charge on any atom is -0.267 e. The molecule has 0 aliphatic heterocycles. The zero-order valence-corrected chi connectivity index (χ0v) is 8.98. The van der Waals surface area contributed by atoms with Crippen LogP contribution in [0.4, 0.5) is 0 Å². The maximum Gasteiger partial charge on any atom is 0.146 e. The van der Waals surface area contributed by atoms with Gasteiger partial charge in [-0.3, -0.25) is 4.68 Å². The third kappa shape index (κ3) is 1.52. The van der Waals surface area contributed by atoms with Crippen molar-refractivity contribution >= 4 is 27.5 Å². The van der Waals surface area contributed by atoms with Crippen molar-refractivity contribution < 1.29 is 0 Å². The zero-order chi connectivity index (χ0) is 8.55. The molecule has 1 aliphatic rings. The van der Waals surface area contributed by atoms with Crippen LogP contribution in [0.15, 0.2) is 10.8 Å². The van der Waals surface area contributed by atoms with Gasteiger partial charge < -0.3 is 0 Å². The van der Waals surface area contributed by atoms with Gasteiger partial charge in [-0.25, -0.2) is 0 Å². The van der Waals surface area contributed by atoms with E-state index in [0.29, 0.717) is 11.1 Å². The molecule has 0 radical (unpaired) electrons. The van der Waals surface area contributed by atoms with Crippen LogP contribution in [0.5, 0.6) is 0 Å². The first kappa shape index (κ1) is 8.57. The average Bonchev–Trinajstić information content (AvgIpc) is 2.61. The van der Waals surface area contributed by atoms with E-state index in [1.165, 1.54) is 25.7 Å². The van der Waals surface area contributed by atoms with Crippen molar-refractivity contribution in [3.8, 4) is 0 Å².